The maximum Gasteiger partial charge on any atom is 0.115 e. The minimum atomic E-state index is 0.248. The number of hydrogen-bond acceptors (Lipinski definition) is 3. The fraction of sp³-hybridized carbons (Fsp3) is 0.222. The van der Waals surface area contributed by atoms with E-state index in [1.54, 1.807) is 31.2 Å². The summed E-state index contributed by atoms with van der Waals surface area (Å²) in [6.07, 6.45) is 0.608. The highest BCUT2D eigenvalue weighted by Crippen LogP contribution is 2.10. The van der Waals surface area contributed by atoms with Crippen LogP contribution in [0.25, 0.3) is 0 Å². The third-order valence-electron chi connectivity index (χ3n) is 1.57. The van der Waals surface area contributed by atoms with Crippen LogP contribution in [0.15, 0.2) is 29.4 Å². The first kappa shape index (κ1) is 8.59. The van der Waals surface area contributed by atoms with E-state index in [2.05, 4.69) is 5.16 Å². The van der Waals surface area contributed by atoms with E-state index in [0.29, 0.717) is 12.1 Å². The van der Waals surface area contributed by atoms with Crippen LogP contribution in [-0.2, 0) is 6.42 Å². The maximum absolute atomic E-state index is 8.97. The molecule has 0 aliphatic rings. The number of aromatic hydroxyl groups is 1. The van der Waals surface area contributed by atoms with Crippen LogP contribution in [-0.4, -0.2) is 16.0 Å². The van der Waals surface area contributed by atoms with Gasteiger partial charge in [-0.1, -0.05) is 17.3 Å². The molecule has 3 heteroatoms. The summed E-state index contributed by atoms with van der Waals surface area (Å²) in [5.41, 5.74) is 1.67. The van der Waals surface area contributed by atoms with E-state index in [0.717, 1.165) is 5.56 Å². The van der Waals surface area contributed by atoms with Gasteiger partial charge in [0.25, 0.3) is 0 Å². The summed E-state index contributed by atoms with van der Waals surface area (Å²) in [4.78, 5) is 0. The molecule has 0 spiro atoms. The van der Waals surface area contributed by atoms with Crippen LogP contribution in [0.1, 0.15) is 12.5 Å². The molecule has 1 aromatic carbocycles. The van der Waals surface area contributed by atoms with Crippen molar-refractivity contribution >= 4 is 5.71 Å². The molecule has 0 atom stereocenters. The largest absolute Gasteiger partial charge is 0.508 e. The Kier molecular flexibility index (Phi) is 2.69. The van der Waals surface area contributed by atoms with E-state index < -0.39 is 0 Å². The second-order valence-electron chi connectivity index (χ2n) is 2.68. The second kappa shape index (κ2) is 3.76. The summed E-state index contributed by atoms with van der Waals surface area (Å²) in [7, 11) is 0. The van der Waals surface area contributed by atoms with Gasteiger partial charge >= 0.3 is 0 Å². The van der Waals surface area contributed by atoms with Crippen molar-refractivity contribution in [3.63, 3.8) is 0 Å². The molecule has 0 fully saturated rings. The van der Waals surface area contributed by atoms with Crippen LogP contribution in [0.2, 0.25) is 0 Å². The highest BCUT2D eigenvalue weighted by atomic mass is 16.4. The van der Waals surface area contributed by atoms with Crippen molar-refractivity contribution in [3.8, 4) is 5.75 Å². The Morgan fingerprint density at radius 3 is 2.42 bits per heavy atom. The first-order chi connectivity index (χ1) is 5.72. The average Bonchev–Trinajstić information content (AvgIpc) is 2.09. The van der Waals surface area contributed by atoms with Gasteiger partial charge in [-0.2, -0.15) is 0 Å². The smallest absolute Gasteiger partial charge is 0.115 e. The average molecular weight is 165 g/mol. The van der Waals surface area contributed by atoms with E-state index >= 15 is 0 Å². The standard InChI is InChI=1S/C9H11NO2/c1-7(10-12)6-8-2-4-9(11)5-3-8/h2-5,11-12H,6H2,1H3. The number of hydrogen-bond donors (Lipinski definition) is 2. The van der Waals surface area contributed by atoms with Gasteiger partial charge in [-0.25, -0.2) is 0 Å². The van der Waals surface area contributed by atoms with Gasteiger partial charge in [0.1, 0.15) is 5.75 Å². The zero-order valence-electron chi connectivity index (χ0n) is 6.86. The van der Waals surface area contributed by atoms with E-state index in [-0.39, 0.29) is 5.75 Å². The van der Waals surface area contributed by atoms with Crippen molar-refractivity contribution in [2.75, 3.05) is 0 Å². The minimum absolute atomic E-state index is 0.248. The molecular weight excluding hydrogens is 154 g/mol. The number of phenolic OH excluding ortho intramolecular Hbond substituents is 1. The van der Waals surface area contributed by atoms with Crippen LogP contribution in [0.3, 0.4) is 0 Å². The van der Waals surface area contributed by atoms with Crippen molar-refractivity contribution in [1.29, 1.82) is 0 Å². The lowest BCUT2D eigenvalue weighted by Gasteiger charge is -1.98. The van der Waals surface area contributed by atoms with Crippen LogP contribution in [0.5, 0.6) is 5.75 Å². The number of benzene rings is 1. The topological polar surface area (TPSA) is 52.8 Å². The monoisotopic (exact) mass is 165 g/mol. The number of rotatable bonds is 2. The highest BCUT2D eigenvalue weighted by Gasteiger charge is 1.95. The van der Waals surface area contributed by atoms with Crippen molar-refractivity contribution in [3.05, 3.63) is 29.8 Å². The predicted molar refractivity (Wildman–Crippen MR) is 46.7 cm³/mol. The van der Waals surface area contributed by atoms with Gasteiger partial charge in [0.15, 0.2) is 0 Å². The first-order valence-electron chi connectivity index (χ1n) is 3.68. The number of nitrogens with zero attached hydrogens (tertiary/aromatic N) is 1. The van der Waals surface area contributed by atoms with E-state index in [4.69, 9.17) is 10.3 Å². The fourth-order valence-corrected chi connectivity index (χ4v) is 0.945. The lowest BCUT2D eigenvalue weighted by molar-refractivity contribution is 0.317. The molecule has 0 saturated carbocycles. The third kappa shape index (κ3) is 2.27. The zero-order chi connectivity index (χ0) is 8.97. The molecule has 1 rings (SSSR count). The normalized spacial score (nSPS) is 11.6. The summed E-state index contributed by atoms with van der Waals surface area (Å²) < 4.78 is 0. The van der Waals surface area contributed by atoms with Crippen LogP contribution in [0, 0.1) is 0 Å². The second-order valence-corrected chi connectivity index (χ2v) is 2.68. The molecular formula is C9H11NO2. The third-order valence-corrected chi connectivity index (χ3v) is 1.57. The molecule has 0 aromatic heterocycles. The molecule has 0 unspecified atom stereocenters. The molecule has 12 heavy (non-hydrogen) atoms. The lowest BCUT2D eigenvalue weighted by atomic mass is 10.1. The molecule has 3 nitrogen and oxygen atoms in total. The Labute approximate surface area is 71.0 Å². The molecule has 1 aromatic rings. The molecule has 0 amide bonds. The van der Waals surface area contributed by atoms with Crippen molar-refractivity contribution in [2.24, 2.45) is 5.16 Å². The molecule has 0 bridgehead atoms. The molecule has 0 aliphatic heterocycles. The van der Waals surface area contributed by atoms with Crippen LogP contribution in [0.4, 0.5) is 0 Å². The molecule has 64 valence electrons. The summed E-state index contributed by atoms with van der Waals surface area (Å²) in [5, 5.41) is 20.4. The summed E-state index contributed by atoms with van der Waals surface area (Å²) in [6.45, 7) is 1.74. The van der Waals surface area contributed by atoms with Gasteiger partial charge in [0.2, 0.25) is 0 Å². The SMILES string of the molecule is CC(Cc1ccc(O)cc1)=NO. The molecule has 0 saturated heterocycles. The molecule has 2 N–H and O–H groups in total. The van der Waals surface area contributed by atoms with Crippen molar-refractivity contribution in [2.45, 2.75) is 13.3 Å². The number of phenols is 1. The molecule has 0 heterocycles. The maximum atomic E-state index is 8.97. The summed E-state index contributed by atoms with van der Waals surface area (Å²) in [5.74, 6) is 0.248. The Morgan fingerprint density at radius 2 is 1.92 bits per heavy atom. The highest BCUT2D eigenvalue weighted by molar-refractivity contribution is 5.83. The quantitative estimate of drug-likeness (QED) is 0.398. The zero-order valence-corrected chi connectivity index (χ0v) is 6.86. The Morgan fingerprint density at radius 1 is 1.33 bits per heavy atom. The van der Waals surface area contributed by atoms with Gasteiger partial charge in [-0.15, -0.1) is 0 Å². The van der Waals surface area contributed by atoms with Crippen LogP contribution >= 0.6 is 0 Å². The Bertz CT molecular complexity index is 277. The van der Waals surface area contributed by atoms with Gasteiger partial charge in [0, 0.05) is 6.42 Å². The van der Waals surface area contributed by atoms with E-state index in [9.17, 15) is 0 Å². The lowest BCUT2D eigenvalue weighted by Crippen LogP contribution is -1.96. The van der Waals surface area contributed by atoms with E-state index in [1.807, 2.05) is 0 Å². The Hall–Kier alpha value is -1.51. The number of oxime groups is 1. The van der Waals surface area contributed by atoms with Crippen molar-refractivity contribution < 1.29 is 10.3 Å². The van der Waals surface area contributed by atoms with Gasteiger partial charge < -0.3 is 10.3 Å². The summed E-state index contributed by atoms with van der Waals surface area (Å²) in [6, 6.07) is 6.81. The molecule has 0 aliphatic carbocycles. The Balaban J connectivity index is 2.71. The fourth-order valence-electron chi connectivity index (χ4n) is 0.945. The van der Waals surface area contributed by atoms with E-state index in [1.165, 1.54) is 0 Å². The molecule has 0 radical (unpaired) electrons. The predicted octanol–water partition coefficient (Wildman–Crippen LogP) is 1.78. The first-order valence-corrected chi connectivity index (χ1v) is 3.68. The summed E-state index contributed by atoms with van der Waals surface area (Å²) >= 11 is 0. The van der Waals surface area contributed by atoms with Gasteiger partial charge in [-0.3, -0.25) is 0 Å². The van der Waals surface area contributed by atoms with Gasteiger partial charge in [0.05, 0.1) is 5.71 Å². The van der Waals surface area contributed by atoms with Crippen LogP contribution < -0.4 is 0 Å². The van der Waals surface area contributed by atoms with Crippen molar-refractivity contribution in [1.82, 2.24) is 0 Å². The van der Waals surface area contributed by atoms with Gasteiger partial charge in [-0.05, 0) is 24.6 Å². The minimum Gasteiger partial charge on any atom is -0.508 e.